The van der Waals surface area contributed by atoms with E-state index in [4.69, 9.17) is 0 Å². The van der Waals surface area contributed by atoms with E-state index in [-0.39, 0.29) is 35.7 Å². The van der Waals surface area contributed by atoms with Crippen LogP contribution >= 0.6 is 0 Å². The Balaban J connectivity index is 1.59. The Bertz CT molecular complexity index is 964. The molecule has 0 unspecified atom stereocenters. The summed E-state index contributed by atoms with van der Waals surface area (Å²) in [5.74, 6) is 0.324. The molecule has 4 rings (SSSR count). The molecule has 1 aliphatic carbocycles. The van der Waals surface area contributed by atoms with E-state index in [9.17, 15) is 9.59 Å². The number of benzene rings is 1. The average Bonchev–Trinajstić information content (AvgIpc) is 3.49. The molecule has 5 nitrogen and oxygen atoms in total. The van der Waals surface area contributed by atoms with Crippen LogP contribution in [0.25, 0.3) is 0 Å². The van der Waals surface area contributed by atoms with Crippen molar-refractivity contribution in [3.63, 3.8) is 0 Å². The van der Waals surface area contributed by atoms with Crippen LogP contribution in [0.5, 0.6) is 0 Å². The molecule has 2 amide bonds. The number of rotatable bonds is 6. The monoisotopic (exact) mass is 449 g/mol. The van der Waals surface area contributed by atoms with Crippen molar-refractivity contribution in [2.45, 2.75) is 77.8 Å². The molecule has 33 heavy (non-hydrogen) atoms. The zero-order chi connectivity index (χ0) is 23.6. The standard InChI is InChI=1S/C28H39N3O2/c1-5-16-30(27(33)22-9-6-7-10-22)20-25(32)31-19-18-29-17-8-11-24(29)26(31)21-12-14-23(15-13-21)28(2,3)4/h8,11-15,17,22,26H,5-7,9-10,16,18-20H2,1-4H3/t26-/m1/s1. The lowest BCUT2D eigenvalue weighted by Crippen LogP contribution is -2.49. The molecule has 1 aromatic heterocycles. The summed E-state index contributed by atoms with van der Waals surface area (Å²) in [6.45, 7) is 11.0. The van der Waals surface area contributed by atoms with Crippen molar-refractivity contribution in [1.82, 2.24) is 14.4 Å². The van der Waals surface area contributed by atoms with Crippen molar-refractivity contribution in [2.75, 3.05) is 19.6 Å². The molecule has 1 saturated carbocycles. The largest absolute Gasteiger partial charge is 0.348 e. The number of aromatic nitrogens is 1. The molecule has 5 heteroatoms. The van der Waals surface area contributed by atoms with Crippen LogP contribution in [-0.4, -0.2) is 45.8 Å². The molecule has 0 spiro atoms. The summed E-state index contributed by atoms with van der Waals surface area (Å²) in [4.78, 5) is 30.6. The maximum absolute atomic E-state index is 13.7. The molecular weight excluding hydrogens is 410 g/mol. The van der Waals surface area contributed by atoms with Crippen LogP contribution in [0.15, 0.2) is 42.6 Å². The topological polar surface area (TPSA) is 45.6 Å². The molecule has 1 atom stereocenters. The summed E-state index contributed by atoms with van der Waals surface area (Å²) < 4.78 is 2.25. The number of carbonyl (C=O) groups excluding carboxylic acids is 2. The Morgan fingerprint density at radius 3 is 2.36 bits per heavy atom. The third-order valence-corrected chi connectivity index (χ3v) is 7.29. The third kappa shape index (κ3) is 5.02. The SMILES string of the molecule is CCCN(CC(=O)N1CCn2cccc2[C@H]1c1ccc(C(C)(C)C)cc1)C(=O)C1CCCC1. The highest BCUT2D eigenvalue weighted by Gasteiger charge is 2.35. The molecule has 2 aromatic rings. The summed E-state index contributed by atoms with van der Waals surface area (Å²) in [6.07, 6.45) is 7.15. The lowest BCUT2D eigenvalue weighted by atomic mass is 9.86. The zero-order valence-electron chi connectivity index (χ0n) is 20.7. The Morgan fingerprint density at radius 2 is 1.73 bits per heavy atom. The lowest BCUT2D eigenvalue weighted by molar-refractivity contribution is -0.144. The fourth-order valence-corrected chi connectivity index (χ4v) is 5.39. The van der Waals surface area contributed by atoms with Gasteiger partial charge in [-0.25, -0.2) is 0 Å². The highest BCUT2D eigenvalue weighted by Crippen LogP contribution is 2.34. The Hall–Kier alpha value is -2.56. The Labute approximate surface area is 198 Å². The molecule has 1 fully saturated rings. The minimum atomic E-state index is -0.125. The van der Waals surface area contributed by atoms with Crippen molar-refractivity contribution in [2.24, 2.45) is 5.92 Å². The molecule has 0 bridgehead atoms. The predicted molar refractivity (Wildman–Crippen MR) is 132 cm³/mol. The van der Waals surface area contributed by atoms with Gasteiger partial charge in [0.1, 0.15) is 0 Å². The number of amides is 2. The summed E-state index contributed by atoms with van der Waals surface area (Å²) >= 11 is 0. The highest BCUT2D eigenvalue weighted by molar-refractivity contribution is 5.86. The lowest BCUT2D eigenvalue weighted by Gasteiger charge is -2.39. The van der Waals surface area contributed by atoms with Gasteiger partial charge in [0.05, 0.1) is 12.6 Å². The molecule has 178 valence electrons. The predicted octanol–water partition coefficient (Wildman–Crippen LogP) is 5.15. The van der Waals surface area contributed by atoms with Gasteiger partial charge >= 0.3 is 0 Å². The van der Waals surface area contributed by atoms with Crippen molar-refractivity contribution in [3.05, 3.63) is 59.4 Å². The van der Waals surface area contributed by atoms with Gasteiger partial charge in [0.15, 0.2) is 0 Å². The van der Waals surface area contributed by atoms with Crippen LogP contribution in [0.4, 0.5) is 0 Å². The van der Waals surface area contributed by atoms with Gasteiger partial charge in [-0.2, -0.15) is 0 Å². The van der Waals surface area contributed by atoms with Crippen LogP contribution in [0.3, 0.4) is 0 Å². The van der Waals surface area contributed by atoms with Crippen LogP contribution in [0.2, 0.25) is 0 Å². The fourth-order valence-electron chi connectivity index (χ4n) is 5.39. The van der Waals surface area contributed by atoms with Crippen molar-refractivity contribution >= 4 is 11.8 Å². The van der Waals surface area contributed by atoms with E-state index < -0.39 is 0 Å². The molecule has 1 aliphatic heterocycles. The minimum absolute atomic E-state index is 0.0483. The first-order valence-corrected chi connectivity index (χ1v) is 12.6. The summed E-state index contributed by atoms with van der Waals surface area (Å²) in [5, 5.41) is 0. The summed E-state index contributed by atoms with van der Waals surface area (Å²) in [5.41, 5.74) is 3.64. The van der Waals surface area contributed by atoms with E-state index in [0.29, 0.717) is 13.1 Å². The highest BCUT2D eigenvalue weighted by atomic mass is 16.2. The fraction of sp³-hybridized carbons (Fsp3) is 0.571. The quantitative estimate of drug-likeness (QED) is 0.613. The second-order valence-corrected chi connectivity index (χ2v) is 10.7. The first-order valence-electron chi connectivity index (χ1n) is 12.6. The van der Waals surface area contributed by atoms with Crippen LogP contribution in [-0.2, 0) is 21.5 Å². The smallest absolute Gasteiger partial charge is 0.243 e. The van der Waals surface area contributed by atoms with Gasteiger partial charge in [-0.3, -0.25) is 9.59 Å². The number of nitrogens with zero attached hydrogens (tertiary/aromatic N) is 3. The Morgan fingerprint density at radius 1 is 1.03 bits per heavy atom. The van der Waals surface area contributed by atoms with Gasteiger partial charge in [0, 0.05) is 37.4 Å². The van der Waals surface area contributed by atoms with Crippen molar-refractivity contribution < 1.29 is 9.59 Å². The summed E-state index contributed by atoms with van der Waals surface area (Å²) in [7, 11) is 0. The number of hydrogen-bond donors (Lipinski definition) is 0. The number of carbonyl (C=O) groups is 2. The average molecular weight is 450 g/mol. The first kappa shape index (κ1) is 23.6. The van der Waals surface area contributed by atoms with Gasteiger partial charge in [-0.05, 0) is 47.9 Å². The van der Waals surface area contributed by atoms with Gasteiger partial charge in [-0.15, -0.1) is 0 Å². The minimum Gasteiger partial charge on any atom is -0.348 e. The maximum Gasteiger partial charge on any atom is 0.243 e. The van der Waals surface area contributed by atoms with Gasteiger partial charge in [-0.1, -0.05) is 64.8 Å². The van der Waals surface area contributed by atoms with Crippen LogP contribution in [0.1, 0.15) is 82.7 Å². The Kier molecular flexibility index (Phi) is 6.96. The number of hydrogen-bond acceptors (Lipinski definition) is 2. The van der Waals surface area contributed by atoms with Crippen molar-refractivity contribution in [3.8, 4) is 0 Å². The van der Waals surface area contributed by atoms with Crippen LogP contribution in [0, 0.1) is 5.92 Å². The second kappa shape index (κ2) is 9.74. The second-order valence-electron chi connectivity index (χ2n) is 10.7. The molecule has 2 aliphatic rings. The van der Waals surface area contributed by atoms with Gasteiger partial charge in [0.25, 0.3) is 0 Å². The normalized spacial score (nSPS) is 18.9. The van der Waals surface area contributed by atoms with Gasteiger partial charge < -0.3 is 14.4 Å². The first-order chi connectivity index (χ1) is 15.8. The van der Waals surface area contributed by atoms with Gasteiger partial charge in [0.2, 0.25) is 11.8 Å². The third-order valence-electron chi connectivity index (χ3n) is 7.29. The van der Waals surface area contributed by atoms with E-state index in [2.05, 4.69) is 74.9 Å². The summed E-state index contributed by atoms with van der Waals surface area (Å²) in [6, 6.07) is 12.8. The van der Waals surface area contributed by atoms with E-state index in [1.807, 2.05) is 9.80 Å². The van der Waals surface area contributed by atoms with Crippen molar-refractivity contribution in [1.29, 1.82) is 0 Å². The van der Waals surface area contributed by atoms with Crippen LogP contribution < -0.4 is 0 Å². The molecule has 2 heterocycles. The maximum atomic E-state index is 13.7. The molecule has 0 saturated heterocycles. The van der Waals surface area contributed by atoms with E-state index in [1.54, 1.807) is 0 Å². The number of fused-ring (bicyclic) bond motifs is 1. The molecule has 0 N–H and O–H groups in total. The zero-order valence-corrected chi connectivity index (χ0v) is 20.7. The molecule has 0 radical (unpaired) electrons. The molecule has 1 aromatic carbocycles. The molecular formula is C28H39N3O2. The van der Waals surface area contributed by atoms with E-state index >= 15 is 0 Å². The van der Waals surface area contributed by atoms with E-state index in [0.717, 1.165) is 49.9 Å². The van der Waals surface area contributed by atoms with E-state index in [1.165, 1.54) is 5.56 Å².